The van der Waals surface area contributed by atoms with Gasteiger partial charge in [-0.1, -0.05) is 48.5 Å². The lowest BCUT2D eigenvalue weighted by molar-refractivity contribution is -0.115. The van der Waals surface area contributed by atoms with E-state index in [1.54, 1.807) is 0 Å². The first-order chi connectivity index (χ1) is 17.1. The zero-order chi connectivity index (χ0) is 25.9. The molecule has 4 aromatic rings. The average molecular weight is 510 g/mol. The van der Waals surface area contributed by atoms with Gasteiger partial charge in [0.2, 0.25) is 15.9 Å². The molecule has 0 saturated carbocycles. The molecule has 0 aliphatic carbocycles. The summed E-state index contributed by atoms with van der Waals surface area (Å²) in [5.74, 6) is 0.771. The van der Waals surface area contributed by atoms with Gasteiger partial charge in [0, 0.05) is 24.1 Å². The Morgan fingerprint density at radius 2 is 1.75 bits per heavy atom. The van der Waals surface area contributed by atoms with Crippen LogP contribution in [0.3, 0.4) is 0 Å². The van der Waals surface area contributed by atoms with Gasteiger partial charge >= 0.3 is 0 Å². The first kappa shape index (κ1) is 25.7. The molecule has 2 aromatic heterocycles. The highest BCUT2D eigenvalue weighted by molar-refractivity contribution is 7.88. The van der Waals surface area contributed by atoms with Crippen LogP contribution in [0.1, 0.15) is 32.2 Å². The molecule has 0 bridgehead atoms. The van der Waals surface area contributed by atoms with E-state index in [4.69, 9.17) is 14.7 Å². The number of nitrogens with zero attached hydrogens (tertiary/aromatic N) is 3. The smallest absolute Gasteiger partial charge is 0.230 e. The van der Waals surface area contributed by atoms with Crippen LogP contribution in [0.2, 0.25) is 0 Å². The van der Waals surface area contributed by atoms with Gasteiger partial charge in [-0.3, -0.25) is 4.79 Å². The molecule has 0 radical (unpaired) electrons. The number of aromatic nitrogens is 3. The van der Waals surface area contributed by atoms with Crippen molar-refractivity contribution in [2.45, 2.75) is 45.9 Å². The summed E-state index contributed by atoms with van der Waals surface area (Å²) in [4.78, 5) is 22.5. The van der Waals surface area contributed by atoms with Crippen molar-refractivity contribution in [1.82, 2.24) is 19.3 Å². The number of imidazole rings is 1. The van der Waals surface area contributed by atoms with E-state index in [0.717, 1.165) is 22.7 Å². The van der Waals surface area contributed by atoms with Gasteiger partial charge in [0.05, 0.1) is 23.7 Å². The van der Waals surface area contributed by atoms with Crippen molar-refractivity contribution in [3.63, 3.8) is 0 Å². The summed E-state index contributed by atoms with van der Waals surface area (Å²) in [6.45, 7) is 6.55. The third-order valence-corrected chi connectivity index (χ3v) is 6.50. The second-order valence-electron chi connectivity index (χ2n) is 9.39. The predicted molar refractivity (Wildman–Crippen MR) is 141 cm³/mol. The summed E-state index contributed by atoms with van der Waals surface area (Å²) in [5, 5.41) is 3.79. The lowest BCUT2D eigenvalue weighted by atomic mass is 10.1. The zero-order valence-electron chi connectivity index (χ0n) is 20.9. The third-order valence-electron chi connectivity index (χ3n) is 5.58. The number of fused-ring (bicyclic) bond motifs is 3. The number of nitrogens with one attached hydrogen (secondary N) is 2. The maximum atomic E-state index is 12.9. The van der Waals surface area contributed by atoms with Gasteiger partial charge in [-0.2, -0.15) is 0 Å². The highest BCUT2D eigenvalue weighted by atomic mass is 32.2. The number of hydrogen-bond donors (Lipinski definition) is 2. The number of amides is 1. The lowest BCUT2D eigenvalue weighted by Crippen LogP contribution is -2.46. The summed E-state index contributed by atoms with van der Waals surface area (Å²) in [5.41, 5.74) is 2.05. The van der Waals surface area contributed by atoms with Gasteiger partial charge in [-0.15, -0.1) is 0 Å². The van der Waals surface area contributed by atoms with Crippen molar-refractivity contribution in [3.8, 4) is 0 Å². The van der Waals surface area contributed by atoms with E-state index >= 15 is 0 Å². The molecule has 2 N–H and O–H groups in total. The number of ether oxygens (including phenoxy) is 1. The molecule has 0 spiro atoms. The van der Waals surface area contributed by atoms with E-state index < -0.39 is 15.6 Å². The molecule has 9 nitrogen and oxygen atoms in total. The molecule has 2 aromatic carbocycles. The molecule has 0 aliphatic heterocycles. The first-order valence-corrected chi connectivity index (χ1v) is 13.6. The van der Waals surface area contributed by atoms with Crippen LogP contribution in [0.15, 0.2) is 54.6 Å². The fourth-order valence-corrected chi connectivity index (χ4v) is 5.40. The fraction of sp³-hybridized carbons (Fsp3) is 0.346. The SMILES string of the molecule is CCOCc1nc2c(NC(=O)Cc3ccccc3)nc3ccccc3c2n1CC(C)(C)NS(C)(=O)=O. The van der Waals surface area contributed by atoms with E-state index in [9.17, 15) is 13.2 Å². The number of carbonyl (C=O) groups is 1. The highest BCUT2D eigenvalue weighted by Gasteiger charge is 2.27. The minimum Gasteiger partial charge on any atom is -0.374 e. The maximum absolute atomic E-state index is 12.9. The number of rotatable bonds is 10. The van der Waals surface area contributed by atoms with Gasteiger partial charge in [0.1, 0.15) is 17.9 Å². The molecule has 0 fully saturated rings. The fourth-order valence-electron chi connectivity index (χ4n) is 4.33. The van der Waals surface area contributed by atoms with E-state index in [1.807, 2.05) is 79.9 Å². The van der Waals surface area contributed by atoms with Crippen LogP contribution in [0.25, 0.3) is 21.9 Å². The van der Waals surface area contributed by atoms with Gasteiger partial charge < -0.3 is 14.6 Å². The number of para-hydroxylation sites is 1. The van der Waals surface area contributed by atoms with Gasteiger partial charge in [-0.25, -0.2) is 23.1 Å². The predicted octanol–water partition coefficient (Wildman–Crippen LogP) is 3.63. The number of carbonyl (C=O) groups excluding carboxylic acids is 1. The normalized spacial score (nSPS) is 12.3. The monoisotopic (exact) mass is 509 g/mol. The lowest BCUT2D eigenvalue weighted by Gasteiger charge is -2.27. The van der Waals surface area contributed by atoms with E-state index in [1.165, 1.54) is 0 Å². The van der Waals surface area contributed by atoms with Gasteiger partial charge in [0.25, 0.3) is 0 Å². The molecule has 36 heavy (non-hydrogen) atoms. The number of pyridine rings is 1. The molecular formula is C26H31N5O4S. The zero-order valence-corrected chi connectivity index (χ0v) is 21.7. The first-order valence-electron chi connectivity index (χ1n) is 11.7. The average Bonchev–Trinajstić information content (AvgIpc) is 3.14. The van der Waals surface area contributed by atoms with Crippen molar-refractivity contribution in [2.24, 2.45) is 0 Å². The molecule has 0 saturated heterocycles. The van der Waals surface area contributed by atoms with E-state index in [-0.39, 0.29) is 18.9 Å². The Balaban J connectivity index is 1.84. The molecule has 0 unspecified atom stereocenters. The summed E-state index contributed by atoms with van der Waals surface area (Å²) >= 11 is 0. The van der Waals surface area contributed by atoms with Crippen LogP contribution in [0, 0.1) is 0 Å². The number of benzene rings is 2. The van der Waals surface area contributed by atoms with Gasteiger partial charge in [0.15, 0.2) is 5.82 Å². The highest BCUT2D eigenvalue weighted by Crippen LogP contribution is 2.31. The number of hydrogen-bond acceptors (Lipinski definition) is 6. The summed E-state index contributed by atoms with van der Waals surface area (Å²) in [6, 6.07) is 17.1. The van der Waals surface area contributed by atoms with Crippen molar-refractivity contribution < 1.29 is 17.9 Å². The molecule has 4 rings (SSSR count). The molecule has 0 atom stereocenters. The molecule has 1 amide bonds. The third kappa shape index (κ3) is 6.07. The largest absolute Gasteiger partial charge is 0.374 e. The minimum atomic E-state index is -3.45. The molecule has 10 heteroatoms. The summed E-state index contributed by atoms with van der Waals surface area (Å²) in [7, 11) is -3.45. The van der Waals surface area contributed by atoms with Crippen molar-refractivity contribution in [3.05, 3.63) is 66.0 Å². The Hall–Kier alpha value is -3.34. The Morgan fingerprint density at radius 3 is 2.44 bits per heavy atom. The number of anilines is 1. The van der Waals surface area contributed by atoms with Crippen molar-refractivity contribution in [1.29, 1.82) is 0 Å². The van der Waals surface area contributed by atoms with Gasteiger partial charge in [-0.05, 0) is 32.4 Å². The summed E-state index contributed by atoms with van der Waals surface area (Å²) < 4.78 is 34.4. The summed E-state index contributed by atoms with van der Waals surface area (Å²) in [6.07, 6.45) is 1.34. The Kier molecular flexibility index (Phi) is 7.39. The topological polar surface area (TPSA) is 115 Å². The number of sulfonamides is 1. The van der Waals surface area contributed by atoms with Crippen LogP contribution < -0.4 is 10.0 Å². The minimum absolute atomic E-state index is 0.203. The Morgan fingerprint density at radius 1 is 1.06 bits per heavy atom. The van der Waals surface area contributed by atoms with Crippen molar-refractivity contribution >= 4 is 43.7 Å². The van der Waals surface area contributed by atoms with Crippen LogP contribution in [-0.2, 0) is 39.1 Å². The van der Waals surface area contributed by atoms with Crippen LogP contribution in [0.4, 0.5) is 5.82 Å². The van der Waals surface area contributed by atoms with Crippen molar-refractivity contribution in [2.75, 3.05) is 18.2 Å². The Bertz CT molecular complexity index is 1500. The van der Waals surface area contributed by atoms with E-state index in [2.05, 4.69) is 10.0 Å². The standard InChI is InChI=1S/C26H31N5O4S/c1-5-35-16-21-28-23-24(31(21)17-26(2,3)30-36(4,33)34)19-13-9-10-14-20(19)27-25(23)29-22(32)15-18-11-7-6-8-12-18/h6-14,30H,5,15-17H2,1-4H3,(H,27,29,32). The Labute approximate surface area is 210 Å². The second-order valence-corrected chi connectivity index (χ2v) is 11.1. The van der Waals surface area contributed by atoms with Crippen LogP contribution in [-0.4, -0.2) is 47.3 Å². The van der Waals surface area contributed by atoms with E-state index in [0.29, 0.717) is 35.8 Å². The maximum Gasteiger partial charge on any atom is 0.230 e. The van der Waals surface area contributed by atoms with Crippen LogP contribution >= 0.6 is 0 Å². The molecule has 2 heterocycles. The molecule has 190 valence electrons. The quantitative estimate of drug-likeness (QED) is 0.337. The molecular weight excluding hydrogens is 478 g/mol. The van der Waals surface area contributed by atoms with Crippen LogP contribution in [0.5, 0.6) is 0 Å². The molecule has 0 aliphatic rings. The second kappa shape index (κ2) is 10.3.